The fourth-order valence-electron chi connectivity index (χ4n) is 5.04. The molecule has 2 atom stereocenters. The van der Waals surface area contributed by atoms with Crippen LogP contribution in [0.2, 0.25) is 0 Å². The number of hydrogen-bond acceptors (Lipinski definition) is 5. The van der Waals surface area contributed by atoms with Gasteiger partial charge < -0.3 is 5.11 Å². The number of rotatable bonds is 3. The average Bonchev–Trinajstić information content (AvgIpc) is 2.69. The summed E-state index contributed by atoms with van der Waals surface area (Å²) in [5.41, 5.74) is 3.10. The van der Waals surface area contributed by atoms with Crippen molar-refractivity contribution in [1.82, 2.24) is 19.9 Å². The first kappa shape index (κ1) is 16.8. The van der Waals surface area contributed by atoms with Gasteiger partial charge in [-0.3, -0.25) is 14.9 Å². The smallest absolute Gasteiger partial charge is 0.0991 e. The lowest BCUT2D eigenvalue weighted by atomic mass is 9.63. The number of piperidine rings is 1. The van der Waals surface area contributed by atoms with Crippen molar-refractivity contribution in [2.45, 2.75) is 31.4 Å². The van der Waals surface area contributed by atoms with Crippen molar-refractivity contribution >= 4 is 11.0 Å². The van der Waals surface area contributed by atoms with Crippen LogP contribution < -0.4 is 0 Å². The summed E-state index contributed by atoms with van der Waals surface area (Å²) < 4.78 is 0. The van der Waals surface area contributed by atoms with Gasteiger partial charge >= 0.3 is 0 Å². The minimum atomic E-state index is -0.752. The highest BCUT2D eigenvalue weighted by molar-refractivity contribution is 5.73. The van der Waals surface area contributed by atoms with E-state index in [-0.39, 0.29) is 11.8 Å². The number of nitrogens with zero attached hydrogens (tertiary/aromatic N) is 4. The van der Waals surface area contributed by atoms with E-state index in [0.717, 1.165) is 54.8 Å². The molecule has 3 heterocycles. The van der Waals surface area contributed by atoms with Gasteiger partial charge in [0.2, 0.25) is 0 Å². The van der Waals surface area contributed by atoms with Gasteiger partial charge in [-0.1, -0.05) is 24.6 Å². The lowest BCUT2D eigenvalue weighted by Crippen LogP contribution is -2.57. The number of aromatic nitrogens is 3. The lowest BCUT2D eigenvalue weighted by Gasteiger charge is -2.53. The number of fused-ring (bicyclic) bond motifs is 3. The summed E-state index contributed by atoms with van der Waals surface area (Å²) in [6.07, 6.45) is 8.82. The summed E-state index contributed by atoms with van der Waals surface area (Å²) in [6.45, 7) is 2.56. The topological polar surface area (TPSA) is 62.1 Å². The first-order chi connectivity index (χ1) is 13.2. The fraction of sp³-hybridized carbons (Fsp3) is 0.409. The second kappa shape index (κ2) is 6.66. The van der Waals surface area contributed by atoms with Crippen LogP contribution in [0.4, 0.5) is 0 Å². The molecule has 0 spiro atoms. The van der Waals surface area contributed by atoms with E-state index in [1.54, 1.807) is 6.20 Å². The maximum atomic E-state index is 11.7. The third-order valence-corrected chi connectivity index (χ3v) is 6.32. The van der Waals surface area contributed by atoms with Crippen molar-refractivity contribution in [2.75, 3.05) is 13.1 Å². The average molecular weight is 360 g/mol. The summed E-state index contributed by atoms with van der Waals surface area (Å²) in [5.74, 6) is 0.477. The highest BCUT2D eigenvalue weighted by Gasteiger charge is 2.51. The molecule has 1 saturated heterocycles. The zero-order valence-corrected chi connectivity index (χ0v) is 15.3. The minimum Gasteiger partial charge on any atom is -0.384 e. The van der Waals surface area contributed by atoms with E-state index >= 15 is 0 Å². The fourth-order valence-corrected chi connectivity index (χ4v) is 5.04. The predicted molar refractivity (Wildman–Crippen MR) is 104 cm³/mol. The zero-order valence-electron chi connectivity index (χ0n) is 15.3. The third-order valence-electron chi connectivity index (χ3n) is 6.32. The maximum Gasteiger partial charge on any atom is 0.0991 e. The number of likely N-dealkylation sites (tertiary alicyclic amines) is 1. The summed E-state index contributed by atoms with van der Waals surface area (Å²) in [5, 5.41) is 11.7. The number of pyridine rings is 1. The Morgan fingerprint density at radius 1 is 1.00 bits per heavy atom. The molecule has 2 fully saturated rings. The molecule has 27 heavy (non-hydrogen) atoms. The first-order valence-corrected chi connectivity index (χ1v) is 9.79. The number of benzene rings is 1. The molecule has 1 aliphatic heterocycles. The molecule has 5 heteroatoms. The number of hydrogen-bond donors (Lipinski definition) is 1. The number of aliphatic hydroxyl groups is 1. The Bertz CT molecular complexity index is 931. The monoisotopic (exact) mass is 360 g/mol. The molecule has 1 aliphatic carbocycles. The van der Waals surface area contributed by atoms with Gasteiger partial charge in [0.25, 0.3) is 0 Å². The van der Waals surface area contributed by atoms with Gasteiger partial charge in [0.1, 0.15) is 0 Å². The SMILES string of the molecule is OC1(c2cccnc2)[C@H]2CCC[C@H]1CN(Cc1cnc3ccccc3n1)C2. The van der Waals surface area contributed by atoms with Crippen molar-refractivity contribution in [2.24, 2.45) is 11.8 Å². The number of para-hydroxylation sites is 2. The molecule has 0 radical (unpaired) electrons. The Morgan fingerprint density at radius 2 is 1.78 bits per heavy atom. The Morgan fingerprint density at radius 3 is 2.52 bits per heavy atom. The molecular formula is C22H24N4O. The molecule has 5 rings (SSSR count). The predicted octanol–water partition coefficient (Wildman–Crippen LogP) is 3.14. The molecule has 2 bridgehead atoms. The Labute approximate surface area is 159 Å². The molecule has 2 aliphatic rings. The quantitative estimate of drug-likeness (QED) is 0.777. The van der Waals surface area contributed by atoms with E-state index in [4.69, 9.17) is 4.98 Å². The van der Waals surface area contributed by atoms with Crippen molar-refractivity contribution in [3.8, 4) is 0 Å². The molecule has 1 aromatic carbocycles. The van der Waals surface area contributed by atoms with Crippen LogP contribution in [-0.2, 0) is 12.1 Å². The van der Waals surface area contributed by atoms with Crippen LogP contribution in [-0.4, -0.2) is 38.0 Å². The van der Waals surface area contributed by atoms with Crippen LogP contribution in [0.5, 0.6) is 0 Å². The Hall–Kier alpha value is -2.37. The van der Waals surface area contributed by atoms with Gasteiger partial charge in [0.05, 0.1) is 28.5 Å². The van der Waals surface area contributed by atoms with Gasteiger partial charge in [-0.15, -0.1) is 0 Å². The standard InChI is InChI=1S/C22H24N4O/c27-22(16-7-4-10-23-11-16)17-5-3-6-18(22)14-26(13-17)15-19-12-24-20-8-1-2-9-21(20)25-19/h1-2,4,7-12,17-18,27H,3,5-6,13-15H2/t17-,18-/m0/s1. The van der Waals surface area contributed by atoms with E-state index in [1.807, 2.05) is 48.8 Å². The summed E-state index contributed by atoms with van der Waals surface area (Å²) in [4.78, 5) is 16.0. The van der Waals surface area contributed by atoms with Gasteiger partial charge in [-0.2, -0.15) is 0 Å². The van der Waals surface area contributed by atoms with Crippen LogP contribution in [0.15, 0.2) is 55.0 Å². The van der Waals surface area contributed by atoms with E-state index in [1.165, 1.54) is 6.42 Å². The Balaban J connectivity index is 1.39. The molecule has 0 amide bonds. The van der Waals surface area contributed by atoms with E-state index < -0.39 is 5.60 Å². The van der Waals surface area contributed by atoms with E-state index in [2.05, 4.69) is 14.9 Å². The van der Waals surface area contributed by atoms with Crippen molar-refractivity contribution in [3.63, 3.8) is 0 Å². The molecule has 1 N–H and O–H groups in total. The molecule has 0 unspecified atom stereocenters. The molecule has 5 nitrogen and oxygen atoms in total. The van der Waals surface area contributed by atoms with Gasteiger partial charge in [-0.05, 0) is 31.0 Å². The molecule has 2 aromatic heterocycles. The molecule has 1 saturated carbocycles. The highest BCUT2D eigenvalue weighted by Crippen LogP contribution is 2.49. The zero-order chi connectivity index (χ0) is 18.3. The van der Waals surface area contributed by atoms with Crippen molar-refractivity contribution < 1.29 is 5.11 Å². The lowest BCUT2D eigenvalue weighted by molar-refractivity contribution is -0.148. The third kappa shape index (κ3) is 2.91. The van der Waals surface area contributed by atoms with Crippen LogP contribution >= 0.6 is 0 Å². The summed E-state index contributed by atoms with van der Waals surface area (Å²) in [7, 11) is 0. The van der Waals surface area contributed by atoms with Crippen molar-refractivity contribution in [1.29, 1.82) is 0 Å². The summed E-state index contributed by atoms with van der Waals surface area (Å²) in [6, 6.07) is 12.0. The second-order valence-corrected chi connectivity index (χ2v) is 7.94. The second-order valence-electron chi connectivity index (χ2n) is 7.94. The normalized spacial score (nSPS) is 28.3. The molecular weight excluding hydrogens is 336 g/mol. The largest absolute Gasteiger partial charge is 0.384 e. The first-order valence-electron chi connectivity index (χ1n) is 9.79. The summed E-state index contributed by atoms with van der Waals surface area (Å²) >= 11 is 0. The van der Waals surface area contributed by atoms with Gasteiger partial charge in [0.15, 0.2) is 0 Å². The maximum absolute atomic E-state index is 11.7. The minimum absolute atomic E-state index is 0.239. The van der Waals surface area contributed by atoms with Crippen LogP contribution in [0, 0.1) is 11.8 Å². The van der Waals surface area contributed by atoms with Crippen molar-refractivity contribution in [3.05, 3.63) is 66.2 Å². The van der Waals surface area contributed by atoms with Gasteiger partial charge in [-0.25, -0.2) is 4.98 Å². The van der Waals surface area contributed by atoms with Crippen LogP contribution in [0.25, 0.3) is 11.0 Å². The van der Waals surface area contributed by atoms with Crippen LogP contribution in [0.1, 0.15) is 30.5 Å². The molecule has 138 valence electrons. The van der Waals surface area contributed by atoms with E-state index in [9.17, 15) is 5.11 Å². The molecule has 3 aromatic rings. The highest BCUT2D eigenvalue weighted by atomic mass is 16.3. The Kier molecular flexibility index (Phi) is 4.14. The van der Waals surface area contributed by atoms with E-state index in [0.29, 0.717) is 0 Å². The van der Waals surface area contributed by atoms with Crippen LogP contribution in [0.3, 0.4) is 0 Å². The van der Waals surface area contributed by atoms with Gasteiger partial charge in [0, 0.05) is 49.4 Å².